The quantitative estimate of drug-likeness (QED) is 0.828. The number of nitrogens with one attached hydrogen (secondary N) is 1. The highest BCUT2D eigenvalue weighted by molar-refractivity contribution is 5.44. The van der Waals surface area contributed by atoms with Crippen LogP contribution in [-0.4, -0.2) is 26.0 Å². The molecule has 1 atom stereocenters. The van der Waals surface area contributed by atoms with Crippen LogP contribution >= 0.6 is 0 Å². The van der Waals surface area contributed by atoms with Crippen LogP contribution in [0.2, 0.25) is 0 Å². The molecule has 0 radical (unpaired) electrons. The summed E-state index contributed by atoms with van der Waals surface area (Å²) < 4.78 is 16.4. The van der Waals surface area contributed by atoms with Crippen molar-refractivity contribution >= 4 is 0 Å². The second-order valence-electron chi connectivity index (χ2n) is 5.14. The van der Waals surface area contributed by atoms with Crippen molar-refractivity contribution in [2.45, 2.75) is 38.3 Å². The molecule has 0 aliphatic carbocycles. The Morgan fingerprint density at radius 1 is 1.16 bits per heavy atom. The predicted molar refractivity (Wildman–Crippen MR) is 72.5 cm³/mol. The Bertz CT molecular complexity index is 416. The maximum Gasteiger partial charge on any atom is 0.231 e. The molecule has 2 aliphatic heterocycles. The smallest absolute Gasteiger partial charge is 0.231 e. The molecule has 1 fully saturated rings. The Morgan fingerprint density at radius 2 is 2.11 bits per heavy atom. The van der Waals surface area contributed by atoms with Crippen molar-refractivity contribution in [1.29, 1.82) is 0 Å². The van der Waals surface area contributed by atoms with E-state index in [1.807, 2.05) is 12.1 Å². The SMILES string of the molecule is c1cc2c(cc1CNCCC1CCCCO1)OCO2. The van der Waals surface area contributed by atoms with Crippen LogP contribution in [-0.2, 0) is 11.3 Å². The first kappa shape index (κ1) is 12.8. The number of rotatable bonds is 5. The zero-order valence-electron chi connectivity index (χ0n) is 11.2. The zero-order valence-corrected chi connectivity index (χ0v) is 11.2. The molecule has 2 heterocycles. The third-order valence-electron chi connectivity index (χ3n) is 3.68. The Morgan fingerprint density at radius 3 is 3.00 bits per heavy atom. The number of ether oxygens (including phenoxy) is 3. The third kappa shape index (κ3) is 3.39. The van der Waals surface area contributed by atoms with Crippen LogP contribution in [0, 0.1) is 0 Å². The molecule has 0 aromatic heterocycles. The van der Waals surface area contributed by atoms with Gasteiger partial charge in [-0.25, -0.2) is 0 Å². The van der Waals surface area contributed by atoms with Crippen molar-refractivity contribution in [2.24, 2.45) is 0 Å². The fourth-order valence-corrected chi connectivity index (χ4v) is 2.58. The van der Waals surface area contributed by atoms with Crippen LogP contribution in [0.1, 0.15) is 31.2 Å². The van der Waals surface area contributed by atoms with E-state index in [1.54, 1.807) is 0 Å². The Balaban J connectivity index is 1.40. The monoisotopic (exact) mass is 263 g/mol. The van der Waals surface area contributed by atoms with Gasteiger partial charge in [0.25, 0.3) is 0 Å². The van der Waals surface area contributed by atoms with Gasteiger partial charge in [-0.3, -0.25) is 0 Å². The molecule has 1 N–H and O–H groups in total. The summed E-state index contributed by atoms with van der Waals surface area (Å²) in [5, 5.41) is 3.46. The lowest BCUT2D eigenvalue weighted by Gasteiger charge is -2.22. The molecule has 0 bridgehead atoms. The molecule has 1 aromatic rings. The van der Waals surface area contributed by atoms with Gasteiger partial charge >= 0.3 is 0 Å². The summed E-state index contributed by atoms with van der Waals surface area (Å²) in [6.07, 6.45) is 5.31. The third-order valence-corrected chi connectivity index (χ3v) is 3.68. The van der Waals surface area contributed by atoms with Crippen LogP contribution in [0.15, 0.2) is 18.2 Å². The standard InChI is InChI=1S/C15H21NO3/c1-2-8-17-13(3-1)6-7-16-10-12-4-5-14-15(9-12)19-11-18-14/h4-5,9,13,16H,1-3,6-8,10-11H2. The summed E-state index contributed by atoms with van der Waals surface area (Å²) in [4.78, 5) is 0. The zero-order chi connectivity index (χ0) is 12.9. The summed E-state index contributed by atoms with van der Waals surface area (Å²) in [6, 6.07) is 6.10. The maximum atomic E-state index is 5.71. The van der Waals surface area contributed by atoms with Gasteiger partial charge in [0.1, 0.15) is 0 Å². The molecule has 1 unspecified atom stereocenters. The molecule has 4 nitrogen and oxygen atoms in total. The van der Waals surface area contributed by atoms with E-state index in [9.17, 15) is 0 Å². The van der Waals surface area contributed by atoms with Gasteiger partial charge in [-0.15, -0.1) is 0 Å². The van der Waals surface area contributed by atoms with Gasteiger partial charge in [0, 0.05) is 13.2 Å². The molecule has 1 aromatic carbocycles. The van der Waals surface area contributed by atoms with E-state index in [4.69, 9.17) is 14.2 Å². The molecule has 4 heteroatoms. The van der Waals surface area contributed by atoms with E-state index < -0.39 is 0 Å². The van der Waals surface area contributed by atoms with Crippen molar-refractivity contribution in [1.82, 2.24) is 5.32 Å². The predicted octanol–water partition coefficient (Wildman–Crippen LogP) is 2.46. The fraction of sp³-hybridized carbons (Fsp3) is 0.600. The first-order chi connectivity index (χ1) is 9.42. The van der Waals surface area contributed by atoms with Gasteiger partial charge in [0.2, 0.25) is 6.79 Å². The normalized spacial score (nSPS) is 21.6. The van der Waals surface area contributed by atoms with Crippen LogP contribution < -0.4 is 14.8 Å². The van der Waals surface area contributed by atoms with E-state index in [2.05, 4.69) is 11.4 Å². The Labute approximate surface area is 114 Å². The second kappa shape index (κ2) is 6.26. The van der Waals surface area contributed by atoms with Crippen molar-refractivity contribution < 1.29 is 14.2 Å². The molecule has 0 spiro atoms. The van der Waals surface area contributed by atoms with Gasteiger partial charge in [-0.1, -0.05) is 6.07 Å². The van der Waals surface area contributed by atoms with Crippen LogP contribution in [0.25, 0.3) is 0 Å². The highest BCUT2D eigenvalue weighted by atomic mass is 16.7. The van der Waals surface area contributed by atoms with Crippen LogP contribution in [0.3, 0.4) is 0 Å². The summed E-state index contributed by atoms with van der Waals surface area (Å²) in [5.74, 6) is 1.70. The topological polar surface area (TPSA) is 39.7 Å². The molecule has 2 aliphatic rings. The Hall–Kier alpha value is -1.26. The van der Waals surface area contributed by atoms with Crippen molar-refractivity contribution in [3.63, 3.8) is 0 Å². The lowest BCUT2D eigenvalue weighted by atomic mass is 10.1. The Kier molecular flexibility index (Phi) is 4.20. The molecular weight excluding hydrogens is 242 g/mol. The first-order valence-electron chi connectivity index (χ1n) is 7.13. The van der Waals surface area contributed by atoms with Crippen molar-refractivity contribution in [2.75, 3.05) is 19.9 Å². The van der Waals surface area contributed by atoms with E-state index in [-0.39, 0.29) is 0 Å². The number of hydrogen-bond donors (Lipinski definition) is 1. The molecule has 19 heavy (non-hydrogen) atoms. The lowest BCUT2D eigenvalue weighted by Crippen LogP contribution is -2.25. The molecule has 0 saturated carbocycles. The second-order valence-corrected chi connectivity index (χ2v) is 5.14. The molecule has 104 valence electrons. The van der Waals surface area contributed by atoms with Crippen LogP contribution in [0.4, 0.5) is 0 Å². The summed E-state index contributed by atoms with van der Waals surface area (Å²) in [6.45, 7) is 3.14. The average Bonchev–Trinajstić information content (AvgIpc) is 2.92. The molecule has 1 saturated heterocycles. The lowest BCUT2D eigenvalue weighted by molar-refractivity contribution is 0.0115. The van der Waals surface area contributed by atoms with Gasteiger partial charge in [0.15, 0.2) is 11.5 Å². The molecule has 3 rings (SSSR count). The molecular formula is C15H21NO3. The van der Waals surface area contributed by atoms with Crippen molar-refractivity contribution in [3.05, 3.63) is 23.8 Å². The van der Waals surface area contributed by atoms with E-state index in [1.165, 1.54) is 24.8 Å². The van der Waals surface area contributed by atoms with Crippen molar-refractivity contribution in [3.8, 4) is 11.5 Å². The minimum Gasteiger partial charge on any atom is -0.454 e. The van der Waals surface area contributed by atoms with Gasteiger partial charge in [0.05, 0.1) is 6.10 Å². The van der Waals surface area contributed by atoms with Gasteiger partial charge in [-0.2, -0.15) is 0 Å². The van der Waals surface area contributed by atoms with Crippen LogP contribution in [0.5, 0.6) is 11.5 Å². The first-order valence-corrected chi connectivity index (χ1v) is 7.13. The number of benzene rings is 1. The largest absolute Gasteiger partial charge is 0.454 e. The average molecular weight is 263 g/mol. The maximum absolute atomic E-state index is 5.71. The minimum atomic E-state index is 0.339. The summed E-state index contributed by atoms with van der Waals surface area (Å²) in [5.41, 5.74) is 1.23. The van der Waals surface area contributed by atoms with E-state index >= 15 is 0 Å². The highest BCUT2D eigenvalue weighted by Gasteiger charge is 2.14. The minimum absolute atomic E-state index is 0.339. The highest BCUT2D eigenvalue weighted by Crippen LogP contribution is 2.32. The van der Waals surface area contributed by atoms with Gasteiger partial charge < -0.3 is 19.5 Å². The fourth-order valence-electron chi connectivity index (χ4n) is 2.58. The summed E-state index contributed by atoms with van der Waals surface area (Å²) >= 11 is 0. The van der Waals surface area contributed by atoms with E-state index in [0.717, 1.165) is 37.6 Å². The number of fused-ring (bicyclic) bond motifs is 1. The molecule has 0 amide bonds. The number of hydrogen-bond acceptors (Lipinski definition) is 4. The van der Waals surface area contributed by atoms with Gasteiger partial charge in [-0.05, 0) is 49.9 Å². The van der Waals surface area contributed by atoms with E-state index in [0.29, 0.717) is 12.9 Å². The summed E-state index contributed by atoms with van der Waals surface area (Å²) in [7, 11) is 0.